The Morgan fingerprint density at radius 1 is 1.00 bits per heavy atom. The van der Waals surface area contributed by atoms with E-state index < -0.39 is 17.6 Å². The van der Waals surface area contributed by atoms with Gasteiger partial charge in [-0.05, 0) is 18.8 Å². The number of imidazole rings is 1. The molecule has 1 unspecified atom stereocenters. The van der Waals surface area contributed by atoms with Crippen LogP contribution in [0.1, 0.15) is 104 Å². The molecule has 40 heavy (non-hydrogen) atoms. The van der Waals surface area contributed by atoms with Gasteiger partial charge in [-0.3, -0.25) is 19.4 Å². The Balaban J connectivity index is 1.77. The zero-order chi connectivity index (χ0) is 29.3. The summed E-state index contributed by atoms with van der Waals surface area (Å²) in [5.74, 6) is -0.997. The molecule has 226 valence electrons. The van der Waals surface area contributed by atoms with Crippen LogP contribution in [0.15, 0.2) is 11.1 Å². The molecule has 2 aromatic heterocycles. The van der Waals surface area contributed by atoms with E-state index in [-0.39, 0.29) is 42.5 Å². The second-order valence-corrected chi connectivity index (χ2v) is 11.1. The van der Waals surface area contributed by atoms with E-state index in [9.17, 15) is 14.4 Å². The number of nitrogens with two attached hydrogens (primary N) is 2. The van der Waals surface area contributed by atoms with Crippen molar-refractivity contribution in [3.63, 3.8) is 0 Å². The first kappa shape index (κ1) is 33.3. The van der Waals surface area contributed by atoms with Crippen molar-refractivity contribution in [1.29, 1.82) is 0 Å². The Labute approximate surface area is 237 Å². The lowest BCUT2D eigenvalue weighted by atomic mass is 10.1. The normalized spacial score (nSPS) is 13.0. The molecule has 2 rings (SSSR count). The molecule has 0 aliphatic carbocycles. The van der Waals surface area contributed by atoms with Gasteiger partial charge in [0.05, 0.1) is 19.5 Å². The van der Waals surface area contributed by atoms with Gasteiger partial charge in [0.2, 0.25) is 5.95 Å². The molecule has 0 saturated carbocycles. The van der Waals surface area contributed by atoms with Crippen molar-refractivity contribution in [2.24, 2.45) is 17.6 Å². The summed E-state index contributed by atoms with van der Waals surface area (Å²) >= 11 is 0. The zero-order valence-electron chi connectivity index (χ0n) is 24.7. The minimum Gasteiger partial charge on any atom is -0.466 e. The highest BCUT2D eigenvalue weighted by molar-refractivity contribution is 5.75. The van der Waals surface area contributed by atoms with Crippen LogP contribution < -0.4 is 17.0 Å². The molecule has 0 aliphatic heterocycles. The van der Waals surface area contributed by atoms with Gasteiger partial charge in [0.25, 0.3) is 5.56 Å². The van der Waals surface area contributed by atoms with E-state index >= 15 is 0 Å². The average Bonchev–Trinajstić information content (AvgIpc) is 3.32. The number of H-pyrrole nitrogens is 1. The highest BCUT2D eigenvalue weighted by Gasteiger charge is 2.22. The number of aromatic amines is 1. The highest BCUT2D eigenvalue weighted by Crippen LogP contribution is 2.16. The number of rotatable bonds is 21. The Kier molecular flexibility index (Phi) is 15.3. The van der Waals surface area contributed by atoms with Crippen LogP contribution in [0.25, 0.3) is 11.2 Å². The lowest BCUT2D eigenvalue weighted by molar-refractivity contribution is -0.149. The summed E-state index contributed by atoms with van der Waals surface area (Å²) < 4.78 is 12.7. The molecular weight excluding hydrogens is 512 g/mol. The van der Waals surface area contributed by atoms with E-state index in [2.05, 4.69) is 21.9 Å². The largest absolute Gasteiger partial charge is 0.466 e. The molecule has 0 fully saturated rings. The van der Waals surface area contributed by atoms with E-state index in [1.165, 1.54) is 57.7 Å². The highest BCUT2D eigenvalue weighted by atomic mass is 16.5. The fourth-order valence-electron chi connectivity index (χ4n) is 4.52. The van der Waals surface area contributed by atoms with Crippen molar-refractivity contribution in [3.05, 3.63) is 16.7 Å². The number of esters is 2. The maximum atomic E-state index is 12.3. The smallest absolute Gasteiger partial charge is 0.323 e. The molecule has 2 heterocycles. The summed E-state index contributed by atoms with van der Waals surface area (Å²) in [6.45, 7) is 6.55. The summed E-state index contributed by atoms with van der Waals surface area (Å²) in [7, 11) is 0. The molecule has 2 atom stereocenters. The Morgan fingerprint density at radius 3 is 2.25 bits per heavy atom. The zero-order valence-corrected chi connectivity index (χ0v) is 24.7. The maximum Gasteiger partial charge on any atom is 0.323 e. The number of hydrogen-bond acceptors (Lipinski definition) is 9. The first-order chi connectivity index (χ1) is 19.2. The second kappa shape index (κ2) is 18.4. The fraction of sp³-hybridized carbons (Fsp3) is 0.759. The van der Waals surface area contributed by atoms with Crippen molar-refractivity contribution >= 4 is 29.1 Å². The number of aromatic nitrogens is 4. The number of nitrogen functional groups attached to an aromatic ring is 1. The predicted molar refractivity (Wildman–Crippen MR) is 156 cm³/mol. The number of hydrogen-bond donors (Lipinski definition) is 3. The van der Waals surface area contributed by atoms with Gasteiger partial charge in [0.1, 0.15) is 6.04 Å². The lowest BCUT2D eigenvalue weighted by Crippen LogP contribution is -2.38. The number of anilines is 1. The molecule has 0 aliphatic rings. The lowest BCUT2D eigenvalue weighted by Gasteiger charge is -2.20. The van der Waals surface area contributed by atoms with Crippen LogP contribution in [0, 0.1) is 11.8 Å². The van der Waals surface area contributed by atoms with E-state index in [4.69, 9.17) is 20.9 Å². The number of unbranched alkanes of at least 4 members (excludes halogenated alkanes) is 10. The number of ether oxygens (including phenoxy) is 2. The summed E-state index contributed by atoms with van der Waals surface area (Å²) in [6.07, 6.45) is 15.8. The van der Waals surface area contributed by atoms with Crippen LogP contribution in [0.3, 0.4) is 0 Å². The van der Waals surface area contributed by atoms with E-state index in [0.717, 1.165) is 19.3 Å². The summed E-state index contributed by atoms with van der Waals surface area (Å²) in [6, 6.07) is -0.724. The Hall–Kier alpha value is -2.95. The second-order valence-electron chi connectivity index (χ2n) is 11.1. The minimum atomic E-state index is -0.724. The topological polar surface area (TPSA) is 168 Å². The monoisotopic (exact) mass is 562 g/mol. The van der Waals surface area contributed by atoms with Crippen LogP contribution in [0.5, 0.6) is 0 Å². The molecular formula is C29H50N6O5. The number of nitrogens with zero attached hydrogens (tertiary/aromatic N) is 3. The van der Waals surface area contributed by atoms with Gasteiger partial charge in [0.15, 0.2) is 11.2 Å². The standard InChI is InChI=1S/C29H50N6O5/c1-4-5-6-7-8-9-10-11-12-13-14-15-23(36)39-17-16-22(19-40-28(38)24(30)21(2)3)18-35-20-32-25-26(35)33-29(31)34-27(25)37/h20-22,24H,4-19,30H2,1-3H3,(H3,31,33,34,37)/t22?,24-/m0/s1. The molecule has 11 heteroatoms. The fourth-order valence-corrected chi connectivity index (χ4v) is 4.52. The van der Waals surface area contributed by atoms with Crippen molar-refractivity contribution in [2.75, 3.05) is 18.9 Å². The number of nitrogens with one attached hydrogen (secondary N) is 1. The van der Waals surface area contributed by atoms with Crippen LogP contribution in [-0.2, 0) is 25.6 Å². The number of carbonyl (C=O) groups excluding carboxylic acids is 2. The SMILES string of the molecule is CCCCCCCCCCCCCC(=O)OCCC(COC(=O)[C@@H](N)C(C)C)Cn1cnc2c(=O)[nH]c(N)nc21. The van der Waals surface area contributed by atoms with Crippen molar-refractivity contribution < 1.29 is 19.1 Å². The Morgan fingerprint density at radius 2 is 1.62 bits per heavy atom. The third-order valence-corrected chi connectivity index (χ3v) is 7.17. The number of fused-ring (bicyclic) bond motifs is 1. The van der Waals surface area contributed by atoms with Crippen molar-refractivity contribution in [1.82, 2.24) is 19.5 Å². The molecule has 0 saturated heterocycles. The summed E-state index contributed by atoms with van der Waals surface area (Å²) in [5, 5.41) is 0. The quantitative estimate of drug-likeness (QED) is 0.147. The molecule has 11 nitrogen and oxygen atoms in total. The Bertz CT molecular complexity index is 1080. The first-order valence-electron chi connectivity index (χ1n) is 15.0. The third-order valence-electron chi connectivity index (χ3n) is 7.17. The summed E-state index contributed by atoms with van der Waals surface area (Å²) in [5.41, 5.74) is 11.7. The maximum absolute atomic E-state index is 12.3. The van der Waals surface area contributed by atoms with E-state index in [0.29, 0.717) is 25.0 Å². The van der Waals surface area contributed by atoms with Gasteiger partial charge in [-0.2, -0.15) is 4.98 Å². The van der Waals surface area contributed by atoms with Gasteiger partial charge < -0.3 is 25.5 Å². The van der Waals surface area contributed by atoms with Crippen LogP contribution in [-0.4, -0.2) is 50.7 Å². The molecule has 0 aromatic carbocycles. The van der Waals surface area contributed by atoms with Gasteiger partial charge in [-0.25, -0.2) is 4.98 Å². The number of carbonyl (C=O) groups is 2. The van der Waals surface area contributed by atoms with Crippen LogP contribution in [0.4, 0.5) is 5.95 Å². The van der Waals surface area contributed by atoms with Gasteiger partial charge in [0, 0.05) is 18.9 Å². The molecule has 5 N–H and O–H groups in total. The molecule has 0 bridgehead atoms. The van der Waals surface area contributed by atoms with Crippen molar-refractivity contribution in [3.8, 4) is 0 Å². The van der Waals surface area contributed by atoms with E-state index in [1.54, 1.807) is 4.57 Å². The van der Waals surface area contributed by atoms with Gasteiger partial charge >= 0.3 is 11.9 Å². The molecule has 2 aromatic rings. The first-order valence-corrected chi connectivity index (χ1v) is 15.0. The molecule has 0 spiro atoms. The predicted octanol–water partition coefficient (Wildman–Crippen LogP) is 4.48. The average molecular weight is 563 g/mol. The van der Waals surface area contributed by atoms with Crippen LogP contribution >= 0.6 is 0 Å². The van der Waals surface area contributed by atoms with Gasteiger partial charge in [-0.1, -0.05) is 85.0 Å². The van der Waals surface area contributed by atoms with Crippen molar-refractivity contribution in [2.45, 2.75) is 117 Å². The summed E-state index contributed by atoms with van der Waals surface area (Å²) in [4.78, 5) is 47.5. The molecule has 0 amide bonds. The van der Waals surface area contributed by atoms with Crippen LogP contribution in [0.2, 0.25) is 0 Å². The van der Waals surface area contributed by atoms with E-state index in [1.807, 2.05) is 13.8 Å². The molecule has 0 radical (unpaired) electrons. The van der Waals surface area contributed by atoms with Gasteiger partial charge in [-0.15, -0.1) is 0 Å². The third kappa shape index (κ3) is 12.1. The minimum absolute atomic E-state index is 0.0125.